The number of sulfonamides is 1. The van der Waals surface area contributed by atoms with Gasteiger partial charge in [0.25, 0.3) is 5.92 Å². The summed E-state index contributed by atoms with van der Waals surface area (Å²) in [5.41, 5.74) is 1.12. The Kier molecular flexibility index (Phi) is 9.14. The van der Waals surface area contributed by atoms with E-state index in [0.717, 1.165) is 42.0 Å². The van der Waals surface area contributed by atoms with Crippen molar-refractivity contribution in [3.63, 3.8) is 0 Å². The summed E-state index contributed by atoms with van der Waals surface area (Å²) in [5.74, 6) is -4.87. The number of benzene rings is 3. The smallest absolute Gasteiger partial charge is 0.364 e. The first-order valence-electron chi connectivity index (χ1n) is 14.1. The molecule has 3 aromatic carbocycles. The second-order valence-electron chi connectivity index (χ2n) is 10.9. The van der Waals surface area contributed by atoms with E-state index in [1.165, 1.54) is 18.2 Å². The average Bonchev–Trinajstić information content (AvgIpc) is 3.36. The number of nitrogens with zero attached hydrogens (tertiary/aromatic N) is 2. The van der Waals surface area contributed by atoms with Crippen LogP contribution in [0, 0.1) is 5.82 Å². The predicted molar refractivity (Wildman–Crippen MR) is 159 cm³/mol. The highest BCUT2D eigenvalue weighted by molar-refractivity contribution is 7.89. The van der Waals surface area contributed by atoms with E-state index >= 15 is 0 Å². The normalized spacial score (nSPS) is 17.4. The van der Waals surface area contributed by atoms with Crippen LogP contribution in [0.1, 0.15) is 36.1 Å². The van der Waals surface area contributed by atoms with Gasteiger partial charge in [-0.2, -0.15) is 17.5 Å². The minimum Gasteiger partial charge on any atom is -0.364 e. The van der Waals surface area contributed by atoms with Crippen LogP contribution < -0.4 is 10.6 Å². The van der Waals surface area contributed by atoms with Gasteiger partial charge in [0.05, 0.1) is 22.7 Å². The standard InChI is InChI=1S/C32H28F6N4O3S/c1-20(22-5-3-2-4-6-22)40-29-16-21(15-27(41-29)23-7-9-24(10-8-23)32(36,37)38)18-39-30(43)28-17-31(34,35)19-42(28)46(44,45)26-13-11-25(33)12-14-26/h2-16,20,28H,17-19H2,1H3,(H,39,43)(H,40,41). The molecule has 1 fully saturated rings. The van der Waals surface area contributed by atoms with Gasteiger partial charge < -0.3 is 10.6 Å². The minimum absolute atomic E-state index is 0.240. The van der Waals surface area contributed by atoms with Crippen molar-refractivity contribution in [1.82, 2.24) is 14.6 Å². The molecule has 2 unspecified atom stereocenters. The molecule has 0 spiro atoms. The zero-order valence-corrected chi connectivity index (χ0v) is 25.0. The summed E-state index contributed by atoms with van der Waals surface area (Å²) in [6.07, 6.45) is -5.60. The van der Waals surface area contributed by atoms with Gasteiger partial charge in [-0.15, -0.1) is 0 Å². The van der Waals surface area contributed by atoms with Gasteiger partial charge in [0.15, 0.2) is 0 Å². The quantitative estimate of drug-likeness (QED) is 0.193. The maximum Gasteiger partial charge on any atom is 0.416 e. The SMILES string of the molecule is CC(Nc1cc(CNC(=O)C2CC(F)(F)CN2S(=O)(=O)c2ccc(F)cc2)cc(-c2ccc(C(F)(F)F)cc2)n1)c1ccccc1. The van der Waals surface area contributed by atoms with Gasteiger partial charge >= 0.3 is 6.18 Å². The van der Waals surface area contributed by atoms with Crippen LogP contribution in [0.3, 0.4) is 0 Å². The van der Waals surface area contributed by atoms with Crippen LogP contribution in [-0.4, -0.2) is 42.1 Å². The van der Waals surface area contributed by atoms with Crippen molar-refractivity contribution >= 4 is 21.7 Å². The molecule has 2 N–H and O–H groups in total. The number of rotatable bonds is 9. The van der Waals surface area contributed by atoms with Crippen LogP contribution in [0.15, 0.2) is 95.9 Å². The number of pyridine rings is 1. The number of hydrogen-bond donors (Lipinski definition) is 2. The zero-order valence-electron chi connectivity index (χ0n) is 24.2. The molecule has 1 saturated heterocycles. The lowest BCUT2D eigenvalue weighted by molar-refractivity contribution is -0.137. The Labute approximate surface area is 261 Å². The third kappa shape index (κ3) is 7.50. The molecule has 0 bridgehead atoms. The second kappa shape index (κ2) is 12.8. The summed E-state index contributed by atoms with van der Waals surface area (Å²) in [4.78, 5) is 17.3. The van der Waals surface area contributed by atoms with Gasteiger partial charge in [-0.3, -0.25) is 4.79 Å². The predicted octanol–water partition coefficient (Wildman–Crippen LogP) is 6.79. The van der Waals surface area contributed by atoms with Gasteiger partial charge in [-0.25, -0.2) is 26.6 Å². The Morgan fingerprint density at radius 1 is 1.00 bits per heavy atom. The average molecular weight is 663 g/mol. The second-order valence-corrected chi connectivity index (χ2v) is 12.8. The molecule has 0 radical (unpaired) electrons. The highest BCUT2D eigenvalue weighted by Gasteiger charge is 2.52. The highest BCUT2D eigenvalue weighted by Crippen LogP contribution is 2.36. The lowest BCUT2D eigenvalue weighted by atomic mass is 10.1. The summed E-state index contributed by atoms with van der Waals surface area (Å²) in [7, 11) is -4.58. The number of halogens is 6. The molecule has 7 nitrogen and oxygen atoms in total. The number of alkyl halides is 5. The van der Waals surface area contributed by atoms with Crippen molar-refractivity contribution in [1.29, 1.82) is 0 Å². The van der Waals surface area contributed by atoms with E-state index in [1.807, 2.05) is 37.3 Å². The van der Waals surface area contributed by atoms with E-state index in [9.17, 15) is 39.6 Å². The van der Waals surface area contributed by atoms with Crippen molar-refractivity contribution in [2.24, 2.45) is 0 Å². The van der Waals surface area contributed by atoms with Crippen molar-refractivity contribution in [3.05, 3.63) is 114 Å². The topological polar surface area (TPSA) is 91.4 Å². The fourth-order valence-electron chi connectivity index (χ4n) is 5.10. The first kappa shape index (κ1) is 32.9. The Balaban J connectivity index is 1.41. The molecular weight excluding hydrogens is 634 g/mol. The van der Waals surface area contributed by atoms with Crippen molar-refractivity contribution < 1.29 is 39.6 Å². The summed E-state index contributed by atoms with van der Waals surface area (Å²) in [6.45, 7) is 0.402. The lowest BCUT2D eigenvalue weighted by Crippen LogP contribution is -2.45. The Morgan fingerprint density at radius 3 is 2.28 bits per heavy atom. The molecule has 0 saturated carbocycles. The minimum atomic E-state index is -4.58. The molecule has 1 aliphatic rings. The third-order valence-electron chi connectivity index (χ3n) is 7.47. The van der Waals surface area contributed by atoms with Crippen LogP contribution >= 0.6 is 0 Å². The number of carbonyl (C=O) groups excluding carboxylic acids is 1. The molecule has 5 rings (SSSR count). The van der Waals surface area contributed by atoms with E-state index in [0.29, 0.717) is 21.2 Å². The summed E-state index contributed by atoms with van der Waals surface area (Å²) < 4.78 is 109. The molecule has 14 heteroatoms. The molecule has 1 aliphatic heterocycles. The molecule has 2 heterocycles. The Bertz CT molecular complexity index is 1800. The number of amides is 1. The summed E-state index contributed by atoms with van der Waals surface area (Å²) in [6, 6.07) is 18.4. The lowest BCUT2D eigenvalue weighted by Gasteiger charge is -2.23. The maximum atomic E-state index is 14.5. The van der Waals surface area contributed by atoms with E-state index in [-0.39, 0.29) is 18.3 Å². The van der Waals surface area contributed by atoms with Gasteiger partial charge in [0.2, 0.25) is 15.9 Å². The molecule has 2 atom stereocenters. The van der Waals surface area contributed by atoms with E-state index < -0.39 is 63.3 Å². The number of aromatic nitrogens is 1. The van der Waals surface area contributed by atoms with Crippen molar-refractivity contribution in [2.75, 3.05) is 11.9 Å². The summed E-state index contributed by atoms with van der Waals surface area (Å²) in [5, 5.41) is 5.75. The number of nitrogens with one attached hydrogen (secondary N) is 2. The van der Waals surface area contributed by atoms with E-state index in [4.69, 9.17) is 0 Å². The van der Waals surface area contributed by atoms with Crippen LogP contribution in [0.5, 0.6) is 0 Å². The van der Waals surface area contributed by atoms with Crippen LogP contribution in [-0.2, 0) is 27.5 Å². The van der Waals surface area contributed by atoms with Crippen LogP contribution in [0.25, 0.3) is 11.3 Å². The van der Waals surface area contributed by atoms with Gasteiger partial charge in [0.1, 0.15) is 17.7 Å². The maximum absolute atomic E-state index is 14.5. The number of anilines is 1. The first-order valence-corrected chi connectivity index (χ1v) is 15.5. The molecule has 1 aromatic heterocycles. The Morgan fingerprint density at radius 2 is 1.65 bits per heavy atom. The summed E-state index contributed by atoms with van der Waals surface area (Å²) >= 11 is 0. The van der Waals surface area contributed by atoms with Gasteiger partial charge in [-0.1, -0.05) is 42.5 Å². The molecule has 46 heavy (non-hydrogen) atoms. The number of carbonyl (C=O) groups is 1. The zero-order chi connectivity index (χ0) is 33.3. The van der Waals surface area contributed by atoms with Gasteiger partial charge in [-0.05, 0) is 66.6 Å². The molecule has 4 aromatic rings. The largest absolute Gasteiger partial charge is 0.416 e. The van der Waals surface area contributed by atoms with Gasteiger partial charge in [0, 0.05) is 24.6 Å². The fourth-order valence-corrected chi connectivity index (χ4v) is 6.72. The van der Waals surface area contributed by atoms with Crippen molar-refractivity contribution in [3.8, 4) is 11.3 Å². The fraction of sp³-hybridized carbons (Fsp3) is 0.250. The number of hydrogen-bond acceptors (Lipinski definition) is 5. The highest BCUT2D eigenvalue weighted by atomic mass is 32.2. The van der Waals surface area contributed by atoms with Crippen LogP contribution in [0.4, 0.5) is 32.2 Å². The Hall–Kier alpha value is -4.43. The molecule has 0 aliphatic carbocycles. The van der Waals surface area contributed by atoms with Crippen molar-refractivity contribution in [2.45, 2.75) is 49.0 Å². The van der Waals surface area contributed by atoms with Crippen LogP contribution in [0.2, 0.25) is 0 Å². The van der Waals surface area contributed by atoms with E-state index in [2.05, 4.69) is 15.6 Å². The molecule has 1 amide bonds. The monoisotopic (exact) mass is 662 g/mol. The first-order chi connectivity index (χ1) is 21.6. The molecular formula is C32H28F6N4O3S. The molecule has 242 valence electrons. The third-order valence-corrected chi connectivity index (χ3v) is 9.34. The van der Waals surface area contributed by atoms with E-state index in [1.54, 1.807) is 6.07 Å².